The first kappa shape index (κ1) is 23.5. The Balaban J connectivity index is 2.05. The van der Waals surface area contributed by atoms with Crippen molar-refractivity contribution in [3.05, 3.63) is 58.4 Å². The first-order valence-corrected chi connectivity index (χ1v) is 11.2. The summed E-state index contributed by atoms with van der Waals surface area (Å²) < 4.78 is 14.3. The quantitative estimate of drug-likeness (QED) is 0.453. The summed E-state index contributed by atoms with van der Waals surface area (Å²) in [4.78, 5) is 24.0. The predicted octanol–water partition coefficient (Wildman–Crippen LogP) is 6.61. The Morgan fingerprint density at radius 1 is 1.06 bits per heavy atom. The zero-order chi connectivity index (χ0) is 23.3. The smallest absolute Gasteiger partial charge is 0.336 e. The summed E-state index contributed by atoms with van der Waals surface area (Å²) in [5.74, 6) is -2.79. The molecular weight excluding hydrogens is 409 g/mol. The van der Waals surface area contributed by atoms with E-state index >= 15 is 0 Å². The van der Waals surface area contributed by atoms with Crippen molar-refractivity contribution in [3.8, 4) is 17.2 Å². The standard InChI is InChI=1S/C26H28FNO4/c1-2-3-4-5-16-6-8-17(9-7-16)23-20(18-10-11-19(15-28)22(27)14-18)12-13-21(25(29)30)24(23)26(31)32/h10-14,16-17H,2-9H2,1H3,(H,29,30)(H,31,32)/t16-,17-. The van der Waals surface area contributed by atoms with Crippen LogP contribution in [0.5, 0.6) is 0 Å². The fraction of sp³-hybridized carbons (Fsp3) is 0.423. The third-order valence-electron chi connectivity index (χ3n) is 6.56. The number of halogens is 1. The summed E-state index contributed by atoms with van der Waals surface area (Å²) in [7, 11) is 0. The molecule has 3 rings (SSSR count). The van der Waals surface area contributed by atoms with E-state index in [2.05, 4.69) is 6.92 Å². The van der Waals surface area contributed by atoms with Gasteiger partial charge in [0.1, 0.15) is 11.9 Å². The molecule has 0 atom stereocenters. The lowest BCUT2D eigenvalue weighted by Gasteiger charge is -2.31. The SMILES string of the molecule is CCCCC[C@H]1CC[C@H](c2c(-c3ccc(C#N)c(F)c3)ccc(C(=O)O)c2C(=O)O)CC1. The van der Waals surface area contributed by atoms with E-state index in [1.807, 2.05) is 0 Å². The van der Waals surface area contributed by atoms with Crippen LogP contribution in [0.3, 0.4) is 0 Å². The van der Waals surface area contributed by atoms with Crippen molar-refractivity contribution in [1.82, 2.24) is 0 Å². The molecule has 0 radical (unpaired) electrons. The minimum absolute atomic E-state index is 0.0940. The second-order valence-corrected chi connectivity index (χ2v) is 8.58. The Labute approximate surface area is 187 Å². The molecular formula is C26H28FNO4. The molecule has 1 aliphatic carbocycles. The number of hydrogen-bond donors (Lipinski definition) is 2. The van der Waals surface area contributed by atoms with Gasteiger partial charge in [-0.25, -0.2) is 14.0 Å². The van der Waals surface area contributed by atoms with E-state index in [9.17, 15) is 24.2 Å². The van der Waals surface area contributed by atoms with Crippen LogP contribution in [0.15, 0.2) is 30.3 Å². The lowest BCUT2D eigenvalue weighted by atomic mass is 9.73. The molecule has 0 bridgehead atoms. The average molecular weight is 438 g/mol. The zero-order valence-corrected chi connectivity index (χ0v) is 18.2. The lowest BCUT2D eigenvalue weighted by molar-refractivity contribution is 0.0649. The summed E-state index contributed by atoms with van der Waals surface area (Å²) in [5, 5.41) is 28.6. The summed E-state index contributed by atoms with van der Waals surface area (Å²) >= 11 is 0. The van der Waals surface area contributed by atoms with Gasteiger partial charge in [0.2, 0.25) is 0 Å². The predicted molar refractivity (Wildman–Crippen MR) is 119 cm³/mol. The third-order valence-corrected chi connectivity index (χ3v) is 6.56. The van der Waals surface area contributed by atoms with E-state index in [0.29, 0.717) is 22.6 Å². The van der Waals surface area contributed by atoms with Crippen molar-refractivity contribution in [3.63, 3.8) is 0 Å². The van der Waals surface area contributed by atoms with Gasteiger partial charge in [0.15, 0.2) is 0 Å². The molecule has 0 unspecified atom stereocenters. The van der Waals surface area contributed by atoms with E-state index in [-0.39, 0.29) is 22.6 Å². The van der Waals surface area contributed by atoms with Gasteiger partial charge in [0.25, 0.3) is 0 Å². The molecule has 0 aliphatic heterocycles. The highest BCUT2D eigenvalue weighted by Gasteiger charge is 2.31. The molecule has 168 valence electrons. The fourth-order valence-electron chi connectivity index (χ4n) is 4.90. The number of benzene rings is 2. The normalized spacial score (nSPS) is 18.2. The molecule has 0 amide bonds. The summed E-state index contributed by atoms with van der Waals surface area (Å²) in [6.07, 6.45) is 8.20. The van der Waals surface area contributed by atoms with Gasteiger partial charge in [-0.15, -0.1) is 0 Å². The second kappa shape index (κ2) is 10.4. The molecule has 2 N–H and O–H groups in total. The second-order valence-electron chi connectivity index (χ2n) is 8.58. The maximum absolute atomic E-state index is 14.3. The number of nitrogens with zero attached hydrogens (tertiary/aromatic N) is 1. The van der Waals surface area contributed by atoms with E-state index < -0.39 is 17.8 Å². The number of nitriles is 1. The van der Waals surface area contributed by atoms with Crippen LogP contribution in [-0.4, -0.2) is 22.2 Å². The van der Waals surface area contributed by atoms with E-state index in [0.717, 1.165) is 32.1 Å². The number of carboxylic acids is 2. The highest BCUT2D eigenvalue weighted by molar-refractivity contribution is 6.04. The van der Waals surface area contributed by atoms with Crippen LogP contribution in [0.25, 0.3) is 11.1 Å². The van der Waals surface area contributed by atoms with Crippen molar-refractivity contribution in [2.75, 3.05) is 0 Å². The molecule has 0 aromatic heterocycles. The number of carboxylic acid groups (broad SMARTS) is 2. The maximum Gasteiger partial charge on any atom is 0.336 e. The molecule has 2 aromatic rings. The Morgan fingerprint density at radius 3 is 2.34 bits per heavy atom. The molecule has 0 spiro atoms. The number of unbranched alkanes of at least 4 members (excludes halogenated alkanes) is 2. The van der Waals surface area contributed by atoms with E-state index in [1.54, 1.807) is 18.2 Å². The van der Waals surface area contributed by atoms with Crippen LogP contribution >= 0.6 is 0 Å². The van der Waals surface area contributed by atoms with Crippen LogP contribution in [0.4, 0.5) is 4.39 Å². The molecule has 5 nitrogen and oxygen atoms in total. The summed E-state index contributed by atoms with van der Waals surface area (Å²) in [5.41, 5.74) is 0.868. The van der Waals surface area contributed by atoms with Crippen molar-refractivity contribution >= 4 is 11.9 Å². The Morgan fingerprint density at radius 2 is 1.78 bits per heavy atom. The molecule has 0 heterocycles. The molecule has 2 aromatic carbocycles. The van der Waals surface area contributed by atoms with Gasteiger partial charge >= 0.3 is 11.9 Å². The van der Waals surface area contributed by atoms with Crippen molar-refractivity contribution in [2.24, 2.45) is 5.92 Å². The molecule has 6 heteroatoms. The highest BCUT2D eigenvalue weighted by Crippen LogP contribution is 2.44. The first-order chi connectivity index (χ1) is 15.4. The number of hydrogen-bond acceptors (Lipinski definition) is 3. The van der Waals surface area contributed by atoms with Crippen molar-refractivity contribution < 1.29 is 24.2 Å². The van der Waals surface area contributed by atoms with Gasteiger partial charge in [-0.2, -0.15) is 5.26 Å². The van der Waals surface area contributed by atoms with E-state index in [4.69, 9.17) is 5.26 Å². The molecule has 32 heavy (non-hydrogen) atoms. The maximum atomic E-state index is 14.3. The Bertz CT molecular complexity index is 1050. The van der Waals surface area contributed by atoms with Crippen LogP contribution in [0.1, 0.15) is 96.1 Å². The van der Waals surface area contributed by atoms with Crippen LogP contribution in [-0.2, 0) is 0 Å². The van der Waals surface area contributed by atoms with Gasteiger partial charge in [0.05, 0.1) is 16.7 Å². The topological polar surface area (TPSA) is 98.4 Å². The van der Waals surface area contributed by atoms with Crippen LogP contribution < -0.4 is 0 Å². The summed E-state index contributed by atoms with van der Waals surface area (Å²) in [6, 6.07) is 8.80. The Hall–Kier alpha value is -3.20. The monoisotopic (exact) mass is 437 g/mol. The lowest BCUT2D eigenvalue weighted by Crippen LogP contribution is -2.19. The average Bonchev–Trinajstić information content (AvgIpc) is 2.78. The molecule has 1 fully saturated rings. The first-order valence-electron chi connectivity index (χ1n) is 11.2. The van der Waals surface area contributed by atoms with Gasteiger partial charge in [0, 0.05) is 0 Å². The Kier molecular flexibility index (Phi) is 7.63. The minimum Gasteiger partial charge on any atom is -0.478 e. The number of aromatic carboxylic acids is 2. The van der Waals surface area contributed by atoms with Gasteiger partial charge in [-0.1, -0.05) is 44.7 Å². The fourth-order valence-corrected chi connectivity index (χ4v) is 4.90. The number of rotatable bonds is 8. The van der Waals surface area contributed by atoms with Crippen LogP contribution in [0, 0.1) is 23.1 Å². The van der Waals surface area contributed by atoms with Crippen molar-refractivity contribution in [2.45, 2.75) is 64.2 Å². The van der Waals surface area contributed by atoms with Gasteiger partial charge in [-0.3, -0.25) is 0 Å². The molecule has 0 saturated heterocycles. The molecule has 1 aliphatic rings. The summed E-state index contributed by atoms with van der Waals surface area (Å²) in [6.45, 7) is 2.17. The van der Waals surface area contributed by atoms with Gasteiger partial charge in [-0.05, 0) is 72.4 Å². The van der Waals surface area contributed by atoms with Crippen molar-refractivity contribution in [1.29, 1.82) is 5.26 Å². The zero-order valence-electron chi connectivity index (χ0n) is 18.2. The third kappa shape index (κ3) is 4.99. The molecule has 1 saturated carbocycles. The van der Waals surface area contributed by atoms with Crippen LogP contribution in [0.2, 0.25) is 0 Å². The largest absolute Gasteiger partial charge is 0.478 e. The minimum atomic E-state index is -1.30. The number of carbonyl (C=O) groups is 2. The highest BCUT2D eigenvalue weighted by atomic mass is 19.1. The van der Waals surface area contributed by atoms with Gasteiger partial charge < -0.3 is 10.2 Å². The van der Waals surface area contributed by atoms with E-state index in [1.165, 1.54) is 37.5 Å².